The summed E-state index contributed by atoms with van der Waals surface area (Å²) >= 11 is 1.54. The molecule has 0 aliphatic heterocycles. The van der Waals surface area contributed by atoms with Gasteiger partial charge in [-0.2, -0.15) is 0 Å². The van der Waals surface area contributed by atoms with Crippen molar-refractivity contribution in [3.05, 3.63) is 119 Å². The van der Waals surface area contributed by atoms with Crippen molar-refractivity contribution in [2.45, 2.75) is 37.6 Å². The number of thioether (sulfide) groups is 1. The first kappa shape index (κ1) is 29.7. The molecule has 0 heterocycles. The molecule has 3 rings (SSSR count). The molecule has 0 fully saturated rings. The fourth-order valence-corrected chi connectivity index (χ4v) is 5.77. The van der Waals surface area contributed by atoms with Gasteiger partial charge in [0.15, 0.2) is 0 Å². The molecule has 2 atom stereocenters. The molecule has 5 N–H and O–H groups in total. The Hall–Kier alpha value is -3.88. The molecule has 0 radical (unpaired) electrons. The highest BCUT2D eigenvalue weighted by Gasteiger charge is 2.38. The molecule has 0 aromatic heterocycles. The van der Waals surface area contributed by atoms with E-state index in [9.17, 15) is 19.5 Å². The third kappa shape index (κ3) is 7.16. The SMILES string of the molecule is C/C=C(\NC(=O)[C@H](N)CSC(c1ccccc1)(c1ccccc1)c1ccccc1)C(=O)N[C@H](C(=O)O)C(C)C. The molecule has 8 heteroatoms. The van der Waals surface area contributed by atoms with Crippen LogP contribution >= 0.6 is 11.8 Å². The predicted molar refractivity (Wildman–Crippen MR) is 156 cm³/mol. The van der Waals surface area contributed by atoms with Crippen LogP contribution in [0.15, 0.2) is 103 Å². The average Bonchev–Trinajstić information content (AvgIpc) is 2.95. The number of hydrogen-bond donors (Lipinski definition) is 4. The zero-order valence-corrected chi connectivity index (χ0v) is 23.2. The number of rotatable bonds is 12. The summed E-state index contributed by atoms with van der Waals surface area (Å²) in [6.07, 6.45) is 1.43. The van der Waals surface area contributed by atoms with Crippen LogP contribution in [-0.4, -0.2) is 40.7 Å². The first-order valence-electron chi connectivity index (χ1n) is 12.8. The minimum absolute atomic E-state index is 0.0483. The number of nitrogens with two attached hydrogens (primary N) is 1. The molecule has 0 aliphatic carbocycles. The van der Waals surface area contributed by atoms with E-state index in [0.29, 0.717) is 0 Å². The summed E-state index contributed by atoms with van der Waals surface area (Å²) in [6.45, 7) is 4.98. The van der Waals surface area contributed by atoms with Crippen molar-refractivity contribution in [3.63, 3.8) is 0 Å². The molecule has 0 saturated carbocycles. The van der Waals surface area contributed by atoms with Crippen LogP contribution in [-0.2, 0) is 19.1 Å². The molecule has 0 aliphatic rings. The van der Waals surface area contributed by atoms with E-state index in [4.69, 9.17) is 5.73 Å². The van der Waals surface area contributed by atoms with E-state index in [-0.39, 0.29) is 17.4 Å². The molecule has 2 amide bonds. The number of carbonyl (C=O) groups is 3. The van der Waals surface area contributed by atoms with Gasteiger partial charge in [-0.15, -0.1) is 11.8 Å². The van der Waals surface area contributed by atoms with Gasteiger partial charge in [0.25, 0.3) is 5.91 Å². The third-order valence-corrected chi connectivity index (χ3v) is 8.03. The van der Waals surface area contributed by atoms with Gasteiger partial charge in [0, 0.05) is 5.75 Å². The van der Waals surface area contributed by atoms with Gasteiger partial charge in [0.05, 0.1) is 10.8 Å². The van der Waals surface area contributed by atoms with Crippen LogP contribution in [0.2, 0.25) is 0 Å². The molecule has 204 valence electrons. The number of carboxylic acid groups (broad SMARTS) is 1. The molecular weight excluding hydrogens is 510 g/mol. The predicted octanol–water partition coefficient (Wildman–Crippen LogP) is 4.28. The summed E-state index contributed by atoms with van der Waals surface area (Å²) in [6, 6.07) is 28.2. The van der Waals surface area contributed by atoms with Gasteiger partial charge in [-0.3, -0.25) is 9.59 Å². The Kier molecular flexibility index (Phi) is 10.5. The van der Waals surface area contributed by atoms with Crippen molar-refractivity contribution in [1.82, 2.24) is 10.6 Å². The summed E-state index contributed by atoms with van der Waals surface area (Å²) < 4.78 is -0.644. The van der Waals surface area contributed by atoms with Crippen molar-refractivity contribution in [3.8, 4) is 0 Å². The van der Waals surface area contributed by atoms with Crippen LogP contribution in [0, 0.1) is 5.92 Å². The van der Waals surface area contributed by atoms with Gasteiger partial charge in [-0.05, 0) is 29.5 Å². The van der Waals surface area contributed by atoms with E-state index in [0.717, 1.165) is 16.7 Å². The van der Waals surface area contributed by atoms with E-state index in [1.165, 1.54) is 6.08 Å². The normalized spacial score (nSPS) is 13.4. The fourth-order valence-electron chi connectivity index (χ4n) is 4.28. The van der Waals surface area contributed by atoms with Crippen LogP contribution in [0.25, 0.3) is 0 Å². The highest BCUT2D eigenvalue weighted by molar-refractivity contribution is 8.00. The Balaban J connectivity index is 1.86. The van der Waals surface area contributed by atoms with Crippen molar-refractivity contribution >= 4 is 29.5 Å². The molecular formula is C31H35N3O4S. The molecule has 39 heavy (non-hydrogen) atoms. The zero-order chi connectivity index (χ0) is 28.4. The maximum Gasteiger partial charge on any atom is 0.326 e. The van der Waals surface area contributed by atoms with Crippen LogP contribution in [0.4, 0.5) is 0 Å². The van der Waals surface area contributed by atoms with E-state index in [1.807, 2.05) is 54.6 Å². The van der Waals surface area contributed by atoms with Crippen molar-refractivity contribution in [1.29, 1.82) is 0 Å². The monoisotopic (exact) mass is 545 g/mol. The second-order valence-electron chi connectivity index (χ2n) is 9.42. The quantitative estimate of drug-likeness (QED) is 0.199. The largest absolute Gasteiger partial charge is 0.480 e. The van der Waals surface area contributed by atoms with Crippen LogP contribution in [0.1, 0.15) is 37.5 Å². The molecule has 0 unspecified atom stereocenters. The van der Waals surface area contributed by atoms with Gasteiger partial charge in [-0.1, -0.05) is 111 Å². The van der Waals surface area contributed by atoms with E-state index in [2.05, 4.69) is 47.0 Å². The smallest absolute Gasteiger partial charge is 0.326 e. The highest BCUT2D eigenvalue weighted by Crippen LogP contribution is 2.48. The van der Waals surface area contributed by atoms with Gasteiger partial charge in [0.2, 0.25) is 5.91 Å². The van der Waals surface area contributed by atoms with Crippen LogP contribution < -0.4 is 16.4 Å². The second kappa shape index (κ2) is 13.8. The third-order valence-electron chi connectivity index (χ3n) is 6.37. The van der Waals surface area contributed by atoms with Crippen LogP contribution in [0.3, 0.4) is 0 Å². The number of carboxylic acids is 1. The zero-order valence-electron chi connectivity index (χ0n) is 22.3. The summed E-state index contributed by atoms with van der Waals surface area (Å²) in [4.78, 5) is 37.3. The van der Waals surface area contributed by atoms with E-state index in [1.54, 1.807) is 32.5 Å². The number of allylic oxidation sites excluding steroid dienone is 1. The number of hydrogen-bond acceptors (Lipinski definition) is 5. The van der Waals surface area contributed by atoms with Gasteiger partial charge in [0.1, 0.15) is 11.7 Å². The Labute approximate surface area is 233 Å². The fraction of sp³-hybridized carbons (Fsp3) is 0.258. The summed E-state index contributed by atoms with van der Waals surface area (Å²) in [5.41, 5.74) is 9.46. The summed E-state index contributed by atoms with van der Waals surface area (Å²) in [5.74, 6) is -2.45. The number of nitrogens with one attached hydrogen (secondary N) is 2. The molecule has 3 aromatic carbocycles. The Bertz CT molecular complexity index is 1180. The average molecular weight is 546 g/mol. The molecule has 3 aromatic rings. The molecule has 7 nitrogen and oxygen atoms in total. The lowest BCUT2D eigenvalue weighted by Crippen LogP contribution is -2.49. The summed E-state index contributed by atoms with van der Waals surface area (Å²) in [7, 11) is 0. The number of carbonyl (C=O) groups excluding carboxylic acids is 2. The summed E-state index contributed by atoms with van der Waals surface area (Å²) in [5, 5.41) is 14.4. The molecule has 0 bridgehead atoms. The minimum Gasteiger partial charge on any atom is -0.480 e. The number of benzene rings is 3. The van der Waals surface area contributed by atoms with Crippen LogP contribution in [0.5, 0.6) is 0 Å². The standard InChI is InChI=1S/C31H35N3O4S/c1-4-26(29(36)34-27(21(2)3)30(37)38)33-28(35)25(32)20-39-31(22-14-8-5-9-15-22,23-16-10-6-11-17-23)24-18-12-7-13-19-24/h4-19,21,25,27H,20,32H2,1-3H3,(H,33,35)(H,34,36)(H,37,38)/b26-4-/t25-,27+/m1/s1. The lowest BCUT2D eigenvalue weighted by molar-refractivity contribution is -0.142. The van der Waals surface area contributed by atoms with E-state index < -0.39 is 34.6 Å². The van der Waals surface area contributed by atoms with Crippen molar-refractivity contribution < 1.29 is 19.5 Å². The van der Waals surface area contributed by atoms with Crippen molar-refractivity contribution in [2.75, 3.05) is 5.75 Å². The Morgan fingerprint density at radius 2 is 1.31 bits per heavy atom. The second-order valence-corrected chi connectivity index (χ2v) is 10.7. The lowest BCUT2D eigenvalue weighted by Gasteiger charge is -2.36. The number of aliphatic carboxylic acids is 1. The van der Waals surface area contributed by atoms with Gasteiger partial charge in [-0.25, -0.2) is 4.79 Å². The van der Waals surface area contributed by atoms with Gasteiger partial charge < -0.3 is 21.5 Å². The maximum atomic E-state index is 13.1. The Morgan fingerprint density at radius 3 is 1.67 bits per heavy atom. The number of amides is 2. The minimum atomic E-state index is -1.15. The molecule has 0 saturated heterocycles. The van der Waals surface area contributed by atoms with Crippen molar-refractivity contribution in [2.24, 2.45) is 11.7 Å². The van der Waals surface area contributed by atoms with Gasteiger partial charge >= 0.3 is 5.97 Å². The van der Waals surface area contributed by atoms with E-state index >= 15 is 0 Å². The Morgan fingerprint density at radius 1 is 0.872 bits per heavy atom. The lowest BCUT2D eigenvalue weighted by atomic mass is 9.84. The first-order valence-corrected chi connectivity index (χ1v) is 13.8. The highest BCUT2D eigenvalue weighted by atomic mass is 32.2. The maximum absolute atomic E-state index is 13.1. The molecule has 0 spiro atoms. The first-order chi connectivity index (χ1) is 18.7. The topological polar surface area (TPSA) is 122 Å².